The molecule has 206 valence electrons. The van der Waals surface area contributed by atoms with E-state index >= 15 is 0 Å². The van der Waals surface area contributed by atoms with E-state index in [9.17, 15) is 9.59 Å². The minimum Gasteiger partial charge on any atom is -0.493 e. The lowest BCUT2D eigenvalue weighted by molar-refractivity contribution is -0.136. The molecule has 1 heterocycles. The minimum atomic E-state index is -0.0568. The molecular weight excluding hydrogens is 480 g/mol. The SMILES string of the molecule is CCC(C)N(C(=O)Cn1c(CCCNC(=O)Cc2ccc(OC)c(OC)c2)nc2ccccc21)C(C)CC. The fourth-order valence-electron chi connectivity index (χ4n) is 4.74. The van der Waals surface area contributed by atoms with Crippen molar-refractivity contribution in [2.75, 3.05) is 20.8 Å². The third-order valence-corrected chi connectivity index (χ3v) is 7.16. The standard InChI is InChI=1S/C30H42N4O4/c1-7-21(3)34(22(4)8-2)30(36)20-33-25-13-10-9-12-24(25)32-28(33)14-11-17-31-29(35)19-23-15-16-26(37-5)27(18-23)38-6/h9-10,12-13,15-16,18,21-22H,7-8,11,14,17,19-20H2,1-6H3,(H,31,35). The first-order valence-electron chi connectivity index (χ1n) is 13.6. The number of imidazole rings is 1. The summed E-state index contributed by atoms with van der Waals surface area (Å²) in [5.41, 5.74) is 2.70. The van der Waals surface area contributed by atoms with E-state index in [1.807, 2.05) is 45.9 Å². The van der Waals surface area contributed by atoms with Gasteiger partial charge in [-0.1, -0.05) is 32.0 Å². The van der Waals surface area contributed by atoms with Crippen LogP contribution < -0.4 is 14.8 Å². The van der Waals surface area contributed by atoms with E-state index in [4.69, 9.17) is 14.5 Å². The zero-order chi connectivity index (χ0) is 27.7. The first-order chi connectivity index (χ1) is 18.3. The molecule has 0 aliphatic heterocycles. The van der Waals surface area contributed by atoms with E-state index < -0.39 is 0 Å². The lowest BCUT2D eigenvalue weighted by Gasteiger charge is -2.34. The van der Waals surface area contributed by atoms with Gasteiger partial charge in [-0.25, -0.2) is 4.98 Å². The predicted octanol–water partition coefficient (Wildman–Crippen LogP) is 4.77. The normalized spacial score (nSPS) is 12.7. The summed E-state index contributed by atoms with van der Waals surface area (Å²) in [4.78, 5) is 32.9. The lowest BCUT2D eigenvalue weighted by atomic mass is 10.1. The maximum Gasteiger partial charge on any atom is 0.243 e. The Morgan fingerprint density at radius 1 is 1.00 bits per heavy atom. The van der Waals surface area contributed by atoms with Crippen LogP contribution in [0.2, 0.25) is 0 Å². The second kappa shape index (κ2) is 13.8. The minimum absolute atomic E-state index is 0.0568. The first-order valence-corrected chi connectivity index (χ1v) is 13.6. The molecule has 0 aliphatic rings. The van der Waals surface area contributed by atoms with Gasteiger partial charge in [0.1, 0.15) is 12.4 Å². The molecule has 2 aromatic carbocycles. The molecule has 0 spiro atoms. The Labute approximate surface area is 226 Å². The van der Waals surface area contributed by atoms with Gasteiger partial charge in [-0.05, 0) is 62.9 Å². The van der Waals surface area contributed by atoms with Crippen LogP contribution in [0, 0.1) is 0 Å². The van der Waals surface area contributed by atoms with Crippen LogP contribution in [0.15, 0.2) is 42.5 Å². The van der Waals surface area contributed by atoms with E-state index in [0.717, 1.165) is 41.7 Å². The number of fused-ring (bicyclic) bond motifs is 1. The molecule has 0 bridgehead atoms. The van der Waals surface area contributed by atoms with Crippen molar-refractivity contribution >= 4 is 22.8 Å². The van der Waals surface area contributed by atoms with Gasteiger partial charge in [-0.3, -0.25) is 9.59 Å². The van der Waals surface area contributed by atoms with Gasteiger partial charge in [0.2, 0.25) is 11.8 Å². The monoisotopic (exact) mass is 522 g/mol. The summed E-state index contributed by atoms with van der Waals surface area (Å²) in [6, 6.07) is 13.8. The average molecular weight is 523 g/mol. The third kappa shape index (κ3) is 7.05. The Morgan fingerprint density at radius 3 is 2.34 bits per heavy atom. The fourth-order valence-corrected chi connectivity index (χ4v) is 4.74. The van der Waals surface area contributed by atoms with Crippen molar-refractivity contribution in [1.29, 1.82) is 0 Å². The number of methoxy groups -OCH3 is 2. The van der Waals surface area contributed by atoms with Crippen LogP contribution in [0.5, 0.6) is 11.5 Å². The second-order valence-electron chi connectivity index (χ2n) is 9.74. The first kappa shape index (κ1) is 29.0. The molecule has 0 aliphatic carbocycles. The highest BCUT2D eigenvalue weighted by atomic mass is 16.5. The third-order valence-electron chi connectivity index (χ3n) is 7.16. The molecule has 3 aromatic rings. The summed E-state index contributed by atoms with van der Waals surface area (Å²) < 4.78 is 12.6. The second-order valence-corrected chi connectivity index (χ2v) is 9.74. The molecule has 0 saturated heterocycles. The molecule has 8 nitrogen and oxygen atoms in total. The lowest BCUT2D eigenvalue weighted by Crippen LogP contribution is -2.45. The van der Waals surface area contributed by atoms with Gasteiger partial charge in [0.15, 0.2) is 11.5 Å². The molecular formula is C30H42N4O4. The number of hydrogen-bond donors (Lipinski definition) is 1. The number of benzene rings is 2. The van der Waals surface area contributed by atoms with Gasteiger partial charge >= 0.3 is 0 Å². The Hall–Kier alpha value is -3.55. The highest BCUT2D eigenvalue weighted by molar-refractivity contribution is 5.81. The van der Waals surface area contributed by atoms with Crippen LogP contribution in [0.25, 0.3) is 11.0 Å². The van der Waals surface area contributed by atoms with Gasteiger partial charge in [0.25, 0.3) is 0 Å². The van der Waals surface area contributed by atoms with Gasteiger partial charge in [-0.2, -0.15) is 0 Å². The Morgan fingerprint density at radius 2 is 1.68 bits per heavy atom. The average Bonchev–Trinajstić information content (AvgIpc) is 3.27. The smallest absolute Gasteiger partial charge is 0.243 e. The maximum atomic E-state index is 13.5. The zero-order valence-electron chi connectivity index (χ0n) is 23.6. The van der Waals surface area contributed by atoms with Crippen molar-refractivity contribution in [2.24, 2.45) is 0 Å². The quantitative estimate of drug-likeness (QED) is 0.308. The van der Waals surface area contributed by atoms with Crippen LogP contribution in [0.4, 0.5) is 0 Å². The number of carbonyl (C=O) groups is 2. The number of rotatable bonds is 14. The topological polar surface area (TPSA) is 85.7 Å². The molecule has 2 unspecified atom stereocenters. The number of amides is 2. The number of nitrogens with zero attached hydrogens (tertiary/aromatic N) is 3. The van der Waals surface area contributed by atoms with Crippen LogP contribution in [-0.4, -0.2) is 59.1 Å². The van der Waals surface area contributed by atoms with Crippen LogP contribution in [0.3, 0.4) is 0 Å². The number of aromatic nitrogens is 2. The Kier molecular flexibility index (Phi) is 10.6. The summed E-state index contributed by atoms with van der Waals surface area (Å²) >= 11 is 0. The van der Waals surface area contributed by atoms with Gasteiger partial charge < -0.3 is 24.3 Å². The molecule has 2 atom stereocenters. The molecule has 0 saturated carbocycles. The van der Waals surface area contributed by atoms with Crippen molar-refractivity contribution in [3.05, 3.63) is 53.9 Å². The number of hydrogen-bond acceptors (Lipinski definition) is 5. The van der Waals surface area contributed by atoms with Crippen molar-refractivity contribution in [3.8, 4) is 11.5 Å². The van der Waals surface area contributed by atoms with Crippen molar-refractivity contribution in [3.63, 3.8) is 0 Å². The summed E-state index contributed by atoms with van der Waals surface area (Å²) in [6.07, 6.45) is 3.46. The molecule has 1 N–H and O–H groups in total. The maximum absolute atomic E-state index is 13.5. The number of nitrogens with one attached hydrogen (secondary N) is 1. The molecule has 1 aromatic heterocycles. The number of aryl methyl sites for hydroxylation is 1. The summed E-state index contributed by atoms with van der Waals surface area (Å²) in [5, 5.41) is 3.00. The van der Waals surface area contributed by atoms with Gasteiger partial charge in [-0.15, -0.1) is 0 Å². The largest absolute Gasteiger partial charge is 0.493 e. The van der Waals surface area contributed by atoms with Crippen molar-refractivity contribution in [2.45, 2.75) is 78.4 Å². The summed E-state index contributed by atoms with van der Waals surface area (Å²) in [6.45, 7) is 9.24. The van der Waals surface area contributed by atoms with Gasteiger partial charge in [0, 0.05) is 25.0 Å². The Balaban J connectivity index is 1.65. The molecule has 0 radical (unpaired) electrons. The van der Waals surface area contributed by atoms with Crippen molar-refractivity contribution < 1.29 is 19.1 Å². The molecule has 3 rings (SSSR count). The highest BCUT2D eigenvalue weighted by Crippen LogP contribution is 2.27. The zero-order valence-corrected chi connectivity index (χ0v) is 23.6. The summed E-state index contributed by atoms with van der Waals surface area (Å²) in [5.74, 6) is 2.16. The van der Waals surface area contributed by atoms with E-state index in [0.29, 0.717) is 24.5 Å². The summed E-state index contributed by atoms with van der Waals surface area (Å²) in [7, 11) is 3.16. The van der Waals surface area contributed by atoms with Gasteiger partial charge in [0.05, 0.1) is 31.7 Å². The van der Waals surface area contributed by atoms with Crippen LogP contribution in [-0.2, 0) is 29.0 Å². The number of ether oxygens (including phenoxy) is 2. The number of carbonyl (C=O) groups excluding carboxylic acids is 2. The highest BCUT2D eigenvalue weighted by Gasteiger charge is 2.25. The molecule has 2 amide bonds. The van der Waals surface area contributed by atoms with E-state index in [2.05, 4.69) is 33.0 Å². The van der Waals surface area contributed by atoms with E-state index in [1.54, 1.807) is 20.3 Å². The molecule has 0 fully saturated rings. The molecule has 38 heavy (non-hydrogen) atoms. The fraction of sp³-hybridized carbons (Fsp3) is 0.500. The van der Waals surface area contributed by atoms with Crippen LogP contribution in [0.1, 0.15) is 58.3 Å². The van der Waals surface area contributed by atoms with E-state index in [1.165, 1.54) is 0 Å². The number of para-hydroxylation sites is 2. The van der Waals surface area contributed by atoms with E-state index in [-0.39, 0.29) is 36.9 Å². The Bertz CT molecular complexity index is 1210. The molecule has 8 heteroatoms. The van der Waals surface area contributed by atoms with Crippen LogP contribution >= 0.6 is 0 Å². The van der Waals surface area contributed by atoms with Crippen molar-refractivity contribution in [1.82, 2.24) is 19.8 Å². The predicted molar refractivity (Wildman–Crippen MR) is 151 cm³/mol.